The topological polar surface area (TPSA) is 127 Å². The SMILES string of the molecule is CC(=O)Oc1ccc(-c2nn(C(C)=O)cc2-c2csc(C)n2)c(OC(C)=O)c1OC(C)=O. The highest BCUT2D eigenvalue weighted by Gasteiger charge is 2.27. The van der Waals surface area contributed by atoms with Crippen LogP contribution in [0.15, 0.2) is 23.7 Å². The van der Waals surface area contributed by atoms with Crippen LogP contribution < -0.4 is 14.2 Å². The molecule has 0 unspecified atom stereocenters. The van der Waals surface area contributed by atoms with E-state index < -0.39 is 17.9 Å². The first kappa shape index (κ1) is 22.8. The zero-order valence-corrected chi connectivity index (χ0v) is 18.7. The Bertz CT molecular complexity index is 1240. The van der Waals surface area contributed by atoms with Crippen LogP contribution in [0.1, 0.15) is 37.5 Å². The molecule has 3 aromatic rings. The zero-order valence-electron chi connectivity index (χ0n) is 17.9. The molecule has 0 spiro atoms. The van der Waals surface area contributed by atoms with E-state index >= 15 is 0 Å². The lowest BCUT2D eigenvalue weighted by Crippen LogP contribution is -2.11. The van der Waals surface area contributed by atoms with Crippen molar-refractivity contribution in [3.63, 3.8) is 0 Å². The predicted octanol–water partition coefficient (Wildman–Crippen LogP) is 3.42. The molecule has 3 rings (SSSR count). The molecule has 0 aliphatic rings. The molecule has 11 heteroatoms. The lowest BCUT2D eigenvalue weighted by Gasteiger charge is -2.16. The Balaban J connectivity index is 2.33. The highest BCUT2D eigenvalue weighted by molar-refractivity contribution is 7.09. The summed E-state index contributed by atoms with van der Waals surface area (Å²) < 4.78 is 16.8. The van der Waals surface area contributed by atoms with Gasteiger partial charge >= 0.3 is 17.9 Å². The highest BCUT2D eigenvalue weighted by Crippen LogP contribution is 2.47. The first-order valence-corrected chi connectivity index (χ1v) is 10.2. The molecule has 0 atom stereocenters. The average molecular weight is 457 g/mol. The number of carbonyl (C=O) groups excluding carboxylic acids is 4. The van der Waals surface area contributed by atoms with Gasteiger partial charge in [-0.1, -0.05) is 0 Å². The van der Waals surface area contributed by atoms with E-state index in [-0.39, 0.29) is 34.4 Å². The van der Waals surface area contributed by atoms with Crippen molar-refractivity contribution in [3.05, 3.63) is 28.7 Å². The lowest BCUT2D eigenvalue weighted by molar-refractivity contribution is -0.135. The molecule has 0 N–H and O–H groups in total. The van der Waals surface area contributed by atoms with Crippen LogP contribution in [0.3, 0.4) is 0 Å². The van der Waals surface area contributed by atoms with Gasteiger partial charge in [-0.3, -0.25) is 19.2 Å². The van der Waals surface area contributed by atoms with Gasteiger partial charge in [-0.25, -0.2) is 9.67 Å². The Morgan fingerprint density at radius 1 is 0.875 bits per heavy atom. The van der Waals surface area contributed by atoms with Crippen LogP contribution in [0.4, 0.5) is 0 Å². The highest BCUT2D eigenvalue weighted by atomic mass is 32.1. The van der Waals surface area contributed by atoms with Gasteiger partial charge in [0.1, 0.15) is 5.69 Å². The smallest absolute Gasteiger partial charge is 0.308 e. The minimum absolute atomic E-state index is 0.121. The van der Waals surface area contributed by atoms with E-state index in [0.717, 1.165) is 16.6 Å². The van der Waals surface area contributed by atoms with Gasteiger partial charge in [0.25, 0.3) is 0 Å². The fourth-order valence-corrected chi connectivity index (χ4v) is 3.47. The number of hydrogen-bond donors (Lipinski definition) is 0. The van der Waals surface area contributed by atoms with Crippen LogP contribution in [-0.2, 0) is 14.4 Å². The summed E-state index contributed by atoms with van der Waals surface area (Å²) in [5, 5.41) is 6.93. The number of thiazole rings is 1. The second-order valence-corrected chi connectivity index (χ2v) is 7.72. The Morgan fingerprint density at radius 3 is 2.03 bits per heavy atom. The molecule has 0 bridgehead atoms. The molecule has 2 aromatic heterocycles. The summed E-state index contributed by atoms with van der Waals surface area (Å²) in [6, 6.07) is 2.87. The molecule has 0 aliphatic heterocycles. The normalized spacial score (nSPS) is 10.5. The number of hydrogen-bond acceptors (Lipinski definition) is 10. The maximum Gasteiger partial charge on any atom is 0.308 e. The maximum atomic E-state index is 12.0. The lowest BCUT2D eigenvalue weighted by atomic mass is 10.0. The van der Waals surface area contributed by atoms with Gasteiger partial charge in [0.05, 0.1) is 10.7 Å². The molecule has 0 saturated heterocycles. The van der Waals surface area contributed by atoms with Gasteiger partial charge in [0, 0.05) is 50.4 Å². The molecule has 0 aliphatic carbocycles. The minimum Gasteiger partial charge on any atom is -0.423 e. The van der Waals surface area contributed by atoms with Crippen LogP contribution in [0.5, 0.6) is 17.2 Å². The van der Waals surface area contributed by atoms with Gasteiger partial charge in [0.2, 0.25) is 11.7 Å². The largest absolute Gasteiger partial charge is 0.423 e. The van der Waals surface area contributed by atoms with Gasteiger partial charge in [0.15, 0.2) is 11.5 Å². The summed E-state index contributed by atoms with van der Waals surface area (Å²) in [6.07, 6.45) is 1.51. The third-order valence-corrected chi connectivity index (χ3v) is 4.78. The third-order valence-electron chi connectivity index (χ3n) is 4.01. The standard InChI is InChI=1S/C21H19N3O7S/c1-10-22-17(9-32-10)16-8-24(11(2)25)23-19(16)15-6-7-18(29-12(3)26)21(31-14(5)28)20(15)30-13(4)27/h6-9H,1-5H3. The minimum atomic E-state index is -0.728. The Kier molecular flexibility index (Phi) is 6.49. The summed E-state index contributed by atoms with van der Waals surface area (Å²) in [5.74, 6) is -3.03. The maximum absolute atomic E-state index is 12.0. The number of rotatable bonds is 5. The molecule has 166 valence electrons. The second-order valence-electron chi connectivity index (χ2n) is 6.66. The zero-order chi connectivity index (χ0) is 23.6. The number of benzene rings is 1. The summed E-state index contributed by atoms with van der Waals surface area (Å²) in [4.78, 5) is 51.6. The van der Waals surface area contributed by atoms with Crippen LogP contribution in [0, 0.1) is 6.92 Å². The summed E-state index contributed by atoms with van der Waals surface area (Å²) in [5.41, 5.74) is 1.53. The number of aromatic nitrogens is 3. The number of ether oxygens (including phenoxy) is 3. The number of carbonyl (C=O) groups is 4. The van der Waals surface area contributed by atoms with Crippen LogP contribution in [0.2, 0.25) is 0 Å². The van der Waals surface area contributed by atoms with Crippen molar-refractivity contribution in [3.8, 4) is 39.8 Å². The summed E-state index contributed by atoms with van der Waals surface area (Å²) in [6.45, 7) is 6.66. The van der Waals surface area contributed by atoms with Crippen molar-refractivity contribution >= 4 is 35.2 Å². The molecular formula is C21H19N3O7S. The average Bonchev–Trinajstić information content (AvgIpc) is 3.29. The fourth-order valence-electron chi connectivity index (χ4n) is 2.86. The molecule has 1 aromatic carbocycles. The number of aryl methyl sites for hydroxylation is 1. The Morgan fingerprint density at radius 2 is 1.50 bits per heavy atom. The van der Waals surface area contributed by atoms with Crippen molar-refractivity contribution in [1.29, 1.82) is 0 Å². The van der Waals surface area contributed by atoms with Crippen LogP contribution >= 0.6 is 11.3 Å². The Labute approximate surface area is 186 Å². The van der Waals surface area contributed by atoms with Crippen LogP contribution in [-0.4, -0.2) is 38.6 Å². The van der Waals surface area contributed by atoms with Gasteiger partial charge < -0.3 is 14.2 Å². The number of esters is 3. The van der Waals surface area contributed by atoms with E-state index in [4.69, 9.17) is 14.2 Å². The molecule has 0 radical (unpaired) electrons. The molecule has 32 heavy (non-hydrogen) atoms. The van der Waals surface area contributed by atoms with E-state index in [0.29, 0.717) is 11.3 Å². The predicted molar refractivity (Wildman–Crippen MR) is 114 cm³/mol. The molecular weight excluding hydrogens is 438 g/mol. The van der Waals surface area contributed by atoms with Gasteiger partial charge in [-0.05, 0) is 19.1 Å². The van der Waals surface area contributed by atoms with Crippen molar-refractivity contribution in [2.24, 2.45) is 0 Å². The summed E-state index contributed by atoms with van der Waals surface area (Å²) in [7, 11) is 0. The van der Waals surface area contributed by atoms with E-state index in [1.165, 1.54) is 50.4 Å². The molecule has 0 saturated carbocycles. The van der Waals surface area contributed by atoms with Crippen molar-refractivity contribution in [2.45, 2.75) is 34.6 Å². The second kappa shape index (κ2) is 9.10. The van der Waals surface area contributed by atoms with Crippen molar-refractivity contribution in [2.75, 3.05) is 0 Å². The quantitative estimate of drug-likeness (QED) is 0.418. The monoisotopic (exact) mass is 457 g/mol. The third kappa shape index (κ3) is 4.89. The van der Waals surface area contributed by atoms with E-state index in [1.807, 2.05) is 6.92 Å². The van der Waals surface area contributed by atoms with Gasteiger partial charge in [-0.15, -0.1) is 11.3 Å². The number of nitrogens with zero attached hydrogens (tertiary/aromatic N) is 3. The van der Waals surface area contributed by atoms with Crippen molar-refractivity contribution < 1.29 is 33.4 Å². The fraction of sp³-hybridized carbons (Fsp3) is 0.238. The first-order valence-electron chi connectivity index (χ1n) is 9.32. The summed E-state index contributed by atoms with van der Waals surface area (Å²) >= 11 is 1.41. The van der Waals surface area contributed by atoms with Gasteiger partial charge in [-0.2, -0.15) is 5.10 Å². The van der Waals surface area contributed by atoms with Crippen LogP contribution in [0.25, 0.3) is 22.5 Å². The van der Waals surface area contributed by atoms with E-state index in [2.05, 4.69) is 10.1 Å². The first-order chi connectivity index (χ1) is 15.1. The molecule has 0 amide bonds. The Hall–Kier alpha value is -3.86. The van der Waals surface area contributed by atoms with E-state index in [1.54, 1.807) is 5.38 Å². The van der Waals surface area contributed by atoms with Crippen molar-refractivity contribution in [1.82, 2.24) is 14.8 Å². The molecule has 2 heterocycles. The van der Waals surface area contributed by atoms with E-state index in [9.17, 15) is 19.2 Å². The molecule has 10 nitrogen and oxygen atoms in total. The molecule has 0 fully saturated rings.